The molecule has 1 aliphatic rings. The first-order valence-electron chi connectivity index (χ1n) is 7.99. The summed E-state index contributed by atoms with van der Waals surface area (Å²) in [6.45, 7) is 5.79. The molecule has 24 heavy (non-hydrogen) atoms. The van der Waals surface area contributed by atoms with Crippen LogP contribution in [0.25, 0.3) is 0 Å². The van der Waals surface area contributed by atoms with Crippen molar-refractivity contribution in [2.75, 3.05) is 13.1 Å². The number of benzene rings is 1. The summed E-state index contributed by atoms with van der Waals surface area (Å²) in [7, 11) is 0. The van der Waals surface area contributed by atoms with Gasteiger partial charge in [-0.1, -0.05) is 36.4 Å². The van der Waals surface area contributed by atoms with Gasteiger partial charge in [-0.05, 0) is 12.0 Å². The zero-order valence-electron chi connectivity index (χ0n) is 13.4. The van der Waals surface area contributed by atoms with Crippen molar-refractivity contribution < 1.29 is 9.59 Å². The van der Waals surface area contributed by atoms with Crippen molar-refractivity contribution >= 4 is 11.8 Å². The van der Waals surface area contributed by atoms with Crippen molar-refractivity contribution in [1.82, 2.24) is 20.0 Å². The van der Waals surface area contributed by atoms with Gasteiger partial charge in [0.2, 0.25) is 0 Å². The summed E-state index contributed by atoms with van der Waals surface area (Å²) >= 11 is 0. The van der Waals surface area contributed by atoms with E-state index >= 15 is 0 Å². The van der Waals surface area contributed by atoms with Gasteiger partial charge in [-0.25, -0.2) is 0 Å². The molecule has 1 aliphatic heterocycles. The van der Waals surface area contributed by atoms with E-state index in [0.29, 0.717) is 31.9 Å². The van der Waals surface area contributed by atoms with Crippen molar-refractivity contribution in [2.45, 2.75) is 19.5 Å². The molecule has 0 saturated carbocycles. The molecule has 0 aliphatic carbocycles. The van der Waals surface area contributed by atoms with Crippen molar-refractivity contribution in [3.63, 3.8) is 0 Å². The van der Waals surface area contributed by atoms with Gasteiger partial charge in [0.1, 0.15) is 5.69 Å². The average Bonchev–Trinajstić information content (AvgIpc) is 2.97. The lowest BCUT2D eigenvalue weighted by Crippen LogP contribution is -2.30. The highest BCUT2D eigenvalue weighted by atomic mass is 16.2. The first-order chi connectivity index (χ1) is 11.7. The summed E-state index contributed by atoms with van der Waals surface area (Å²) in [5, 5.41) is 6.96. The molecular weight excluding hydrogens is 304 g/mol. The monoisotopic (exact) mass is 324 g/mol. The Labute approximate surface area is 140 Å². The maximum Gasteiger partial charge on any atom is 0.272 e. The van der Waals surface area contributed by atoms with E-state index < -0.39 is 0 Å². The second-order valence-corrected chi connectivity index (χ2v) is 5.70. The molecule has 1 aromatic carbocycles. The highest BCUT2D eigenvalue weighted by Gasteiger charge is 2.26. The van der Waals surface area contributed by atoms with E-state index in [9.17, 15) is 9.59 Å². The Morgan fingerprint density at radius 1 is 1.29 bits per heavy atom. The Kier molecular flexibility index (Phi) is 4.74. The number of aromatic nitrogens is 2. The molecule has 0 unspecified atom stereocenters. The van der Waals surface area contributed by atoms with E-state index in [2.05, 4.69) is 17.0 Å². The summed E-state index contributed by atoms with van der Waals surface area (Å²) in [5.41, 5.74) is 1.82. The maximum atomic E-state index is 12.8. The van der Waals surface area contributed by atoms with E-state index in [1.165, 1.54) is 0 Å². The molecule has 6 heteroatoms. The van der Waals surface area contributed by atoms with Crippen molar-refractivity contribution in [2.24, 2.45) is 0 Å². The number of fused-ring (bicyclic) bond motifs is 1. The zero-order chi connectivity index (χ0) is 16.9. The second kappa shape index (κ2) is 7.12. The fourth-order valence-corrected chi connectivity index (χ4v) is 2.76. The standard InChI is InChI=1S/C18H20N4O2/c1-2-9-19-17(23)15-12-16-18(24)21(10-6-11-22(16)20-15)13-14-7-4-3-5-8-14/h2-5,7-8,12H,1,6,9-11,13H2,(H,19,23). The predicted octanol–water partition coefficient (Wildman–Crippen LogP) is 1.84. The Balaban J connectivity index is 1.80. The van der Waals surface area contributed by atoms with Crippen LogP contribution < -0.4 is 5.32 Å². The molecule has 0 bridgehead atoms. The van der Waals surface area contributed by atoms with Crippen LogP contribution in [0.4, 0.5) is 0 Å². The SMILES string of the molecule is C=CCNC(=O)c1cc2n(n1)CCCN(Cc1ccccc1)C2=O. The Morgan fingerprint density at radius 3 is 2.83 bits per heavy atom. The zero-order valence-corrected chi connectivity index (χ0v) is 13.4. The van der Waals surface area contributed by atoms with Gasteiger partial charge in [-0.15, -0.1) is 6.58 Å². The van der Waals surface area contributed by atoms with Gasteiger partial charge in [0.25, 0.3) is 11.8 Å². The smallest absolute Gasteiger partial charge is 0.272 e. The third-order valence-corrected chi connectivity index (χ3v) is 3.94. The largest absolute Gasteiger partial charge is 0.347 e. The van der Waals surface area contributed by atoms with Gasteiger partial charge in [0.15, 0.2) is 5.69 Å². The quantitative estimate of drug-likeness (QED) is 0.854. The lowest BCUT2D eigenvalue weighted by atomic mass is 10.2. The van der Waals surface area contributed by atoms with Gasteiger partial charge < -0.3 is 10.2 Å². The second-order valence-electron chi connectivity index (χ2n) is 5.70. The minimum atomic E-state index is -0.294. The molecule has 0 atom stereocenters. The topological polar surface area (TPSA) is 67.2 Å². The lowest BCUT2D eigenvalue weighted by molar-refractivity contribution is 0.0745. The molecule has 6 nitrogen and oxygen atoms in total. The van der Waals surface area contributed by atoms with Crippen molar-refractivity contribution in [3.05, 3.63) is 66.0 Å². The van der Waals surface area contributed by atoms with Gasteiger partial charge in [-0.3, -0.25) is 14.3 Å². The molecule has 0 saturated heterocycles. The number of hydrogen-bond acceptors (Lipinski definition) is 3. The molecule has 3 rings (SSSR count). The van der Waals surface area contributed by atoms with Crippen LogP contribution in [0, 0.1) is 0 Å². The summed E-state index contributed by atoms with van der Waals surface area (Å²) in [5.74, 6) is -0.385. The first-order valence-corrected chi connectivity index (χ1v) is 7.99. The molecule has 2 amide bonds. The minimum absolute atomic E-state index is 0.0911. The summed E-state index contributed by atoms with van der Waals surface area (Å²) in [4.78, 5) is 26.6. The number of nitrogens with one attached hydrogen (secondary N) is 1. The van der Waals surface area contributed by atoms with Crippen LogP contribution in [0.3, 0.4) is 0 Å². The fourth-order valence-electron chi connectivity index (χ4n) is 2.76. The molecular formula is C18H20N4O2. The maximum absolute atomic E-state index is 12.8. The highest BCUT2D eigenvalue weighted by molar-refractivity contribution is 5.98. The van der Waals surface area contributed by atoms with Crippen LogP contribution in [-0.2, 0) is 13.1 Å². The number of carbonyl (C=O) groups excluding carboxylic acids is 2. The average molecular weight is 324 g/mol. The van der Waals surface area contributed by atoms with Gasteiger partial charge >= 0.3 is 0 Å². The molecule has 124 valence electrons. The van der Waals surface area contributed by atoms with E-state index in [-0.39, 0.29) is 17.5 Å². The number of rotatable bonds is 5. The Bertz CT molecular complexity index is 752. The molecule has 1 aromatic heterocycles. The number of hydrogen-bond donors (Lipinski definition) is 1. The molecule has 2 aromatic rings. The van der Waals surface area contributed by atoms with Crippen LogP contribution in [-0.4, -0.2) is 39.6 Å². The van der Waals surface area contributed by atoms with Crippen LogP contribution in [0.15, 0.2) is 49.1 Å². The molecule has 1 N–H and O–H groups in total. The summed E-state index contributed by atoms with van der Waals surface area (Å²) < 4.78 is 1.64. The minimum Gasteiger partial charge on any atom is -0.347 e. The summed E-state index contributed by atoms with van der Waals surface area (Å²) in [6, 6.07) is 11.5. The van der Waals surface area contributed by atoms with Gasteiger partial charge in [0.05, 0.1) is 0 Å². The molecule has 0 radical (unpaired) electrons. The van der Waals surface area contributed by atoms with E-state index in [1.807, 2.05) is 30.3 Å². The lowest BCUT2D eigenvalue weighted by Gasteiger charge is -2.20. The number of nitrogens with zero attached hydrogens (tertiary/aromatic N) is 3. The Morgan fingerprint density at radius 2 is 2.08 bits per heavy atom. The predicted molar refractivity (Wildman–Crippen MR) is 90.6 cm³/mol. The van der Waals surface area contributed by atoms with Gasteiger partial charge in [0, 0.05) is 32.2 Å². The van der Waals surface area contributed by atoms with E-state index in [1.54, 1.807) is 21.7 Å². The van der Waals surface area contributed by atoms with Crippen LogP contribution in [0.5, 0.6) is 0 Å². The van der Waals surface area contributed by atoms with Crippen molar-refractivity contribution in [1.29, 1.82) is 0 Å². The number of amides is 2. The fraction of sp³-hybridized carbons (Fsp3) is 0.278. The summed E-state index contributed by atoms with van der Waals surface area (Å²) in [6.07, 6.45) is 2.41. The third kappa shape index (κ3) is 3.37. The Hall–Kier alpha value is -2.89. The van der Waals surface area contributed by atoms with E-state index in [4.69, 9.17) is 0 Å². The first kappa shape index (κ1) is 16.0. The molecule has 0 spiro atoms. The van der Waals surface area contributed by atoms with Crippen LogP contribution in [0.2, 0.25) is 0 Å². The van der Waals surface area contributed by atoms with Gasteiger partial charge in [-0.2, -0.15) is 5.10 Å². The van der Waals surface area contributed by atoms with Crippen LogP contribution >= 0.6 is 0 Å². The normalized spacial score (nSPS) is 14.0. The highest BCUT2D eigenvalue weighted by Crippen LogP contribution is 2.16. The van der Waals surface area contributed by atoms with Crippen molar-refractivity contribution in [3.8, 4) is 0 Å². The van der Waals surface area contributed by atoms with Crippen LogP contribution in [0.1, 0.15) is 33.0 Å². The molecule has 0 fully saturated rings. The molecule has 2 heterocycles. The third-order valence-electron chi connectivity index (χ3n) is 3.94. The number of carbonyl (C=O) groups is 2. The number of aryl methyl sites for hydroxylation is 1. The van der Waals surface area contributed by atoms with E-state index in [0.717, 1.165) is 12.0 Å².